The average molecular weight is 262 g/mol. The van der Waals surface area contributed by atoms with Crippen LogP contribution in [0.25, 0.3) is 0 Å². The molecule has 0 fully saturated rings. The maximum Gasteiger partial charge on any atom is 0.160 e. The molecule has 0 aliphatic carbocycles. The third-order valence-corrected chi connectivity index (χ3v) is 2.98. The van der Waals surface area contributed by atoms with Crippen molar-refractivity contribution in [2.45, 2.75) is 19.4 Å². The zero-order chi connectivity index (χ0) is 13.7. The number of H-pyrrole nitrogens is 1. The lowest BCUT2D eigenvalue weighted by molar-refractivity contribution is 0.372. The summed E-state index contributed by atoms with van der Waals surface area (Å²) in [4.78, 5) is 4.07. The number of phenols is 1. The maximum absolute atomic E-state index is 9.55. The third-order valence-electron chi connectivity index (χ3n) is 2.98. The summed E-state index contributed by atoms with van der Waals surface area (Å²) in [6.07, 6.45) is 2.29. The third kappa shape index (κ3) is 3.45. The van der Waals surface area contributed by atoms with Crippen molar-refractivity contribution < 1.29 is 9.84 Å². The molecule has 1 aromatic heterocycles. The lowest BCUT2D eigenvalue weighted by Gasteiger charge is -2.15. The first-order valence-corrected chi connectivity index (χ1v) is 6.15. The molecule has 6 nitrogen and oxygen atoms in total. The van der Waals surface area contributed by atoms with E-state index in [1.165, 1.54) is 6.33 Å². The molecular weight excluding hydrogens is 244 g/mol. The van der Waals surface area contributed by atoms with Gasteiger partial charge in [-0.3, -0.25) is 5.10 Å². The van der Waals surface area contributed by atoms with Gasteiger partial charge >= 0.3 is 0 Å². The van der Waals surface area contributed by atoms with E-state index in [-0.39, 0.29) is 11.8 Å². The van der Waals surface area contributed by atoms with E-state index in [0.29, 0.717) is 5.75 Å². The minimum atomic E-state index is 0.153. The minimum absolute atomic E-state index is 0.153. The summed E-state index contributed by atoms with van der Waals surface area (Å²) in [5, 5.41) is 19.6. The second-order valence-electron chi connectivity index (χ2n) is 4.29. The Morgan fingerprint density at radius 2 is 2.32 bits per heavy atom. The first kappa shape index (κ1) is 13.4. The molecule has 0 spiro atoms. The van der Waals surface area contributed by atoms with E-state index in [9.17, 15) is 5.11 Å². The predicted octanol–water partition coefficient (Wildman–Crippen LogP) is 1.41. The number of phenolic OH excluding ortho intramolecular Hbond substituents is 1. The van der Waals surface area contributed by atoms with Crippen LogP contribution >= 0.6 is 0 Å². The number of nitrogens with one attached hydrogen (secondary N) is 2. The number of hydrogen-bond donors (Lipinski definition) is 3. The van der Waals surface area contributed by atoms with Gasteiger partial charge in [-0.1, -0.05) is 6.07 Å². The Morgan fingerprint density at radius 3 is 3.00 bits per heavy atom. The number of aromatic amines is 1. The smallest absolute Gasteiger partial charge is 0.160 e. The van der Waals surface area contributed by atoms with Gasteiger partial charge in [0.2, 0.25) is 0 Å². The van der Waals surface area contributed by atoms with Crippen molar-refractivity contribution in [3.8, 4) is 11.5 Å². The average Bonchev–Trinajstić information content (AvgIpc) is 2.92. The molecule has 0 amide bonds. The van der Waals surface area contributed by atoms with Crippen molar-refractivity contribution in [1.82, 2.24) is 20.5 Å². The second-order valence-corrected chi connectivity index (χ2v) is 4.29. The van der Waals surface area contributed by atoms with Crippen LogP contribution in [-0.4, -0.2) is 33.9 Å². The normalized spacial score (nSPS) is 12.3. The van der Waals surface area contributed by atoms with Crippen LogP contribution < -0.4 is 10.1 Å². The first-order chi connectivity index (χ1) is 9.20. The Kier molecular flexibility index (Phi) is 4.35. The number of rotatable bonds is 6. The fraction of sp³-hybridized carbons (Fsp3) is 0.385. The topological polar surface area (TPSA) is 83.1 Å². The van der Waals surface area contributed by atoms with Gasteiger partial charge in [-0.2, -0.15) is 5.10 Å². The summed E-state index contributed by atoms with van der Waals surface area (Å²) in [5.74, 6) is 1.50. The molecule has 19 heavy (non-hydrogen) atoms. The van der Waals surface area contributed by atoms with E-state index in [0.717, 1.165) is 24.4 Å². The van der Waals surface area contributed by atoms with E-state index >= 15 is 0 Å². The minimum Gasteiger partial charge on any atom is -0.504 e. The van der Waals surface area contributed by atoms with Crippen molar-refractivity contribution in [2.75, 3.05) is 13.7 Å². The standard InChI is InChI=1S/C13H18N4O2/c1-9(14-6-5-13-15-8-16-17-13)10-3-4-11(18)12(7-10)19-2/h3-4,7-9,14,18H,5-6H2,1-2H3,(H,15,16,17). The highest BCUT2D eigenvalue weighted by molar-refractivity contribution is 5.42. The zero-order valence-corrected chi connectivity index (χ0v) is 11.1. The van der Waals surface area contributed by atoms with Gasteiger partial charge in [-0.05, 0) is 24.6 Å². The summed E-state index contributed by atoms with van der Waals surface area (Å²) in [5.41, 5.74) is 1.06. The fourth-order valence-electron chi connectivity index (χ4n) is 1.84. The molecule has 1 unspecified atom stereocenters. The molecule has 2 aromatic rings. The summed E-state index contributed by atoms with van der Waals surface area (Å²) in [6.45, 7) is 2.85. The molecule has 3 N–H and O–H groups in total. The molecule has 102 valence electrons. The van der Waals surface area contributed by atoms with Crippen molar-refractivity contribution in [1.29, 1.82) is 0 Å². The molecule has 0 aliphatic heterocycles. The Labute approximate surface area is 111 Å². The molecule has 0 radical (unpaired) electrons. The van der Waals surface area contributed by atoms with E-state index in [2.05, 4.69) is 27.4 Å². The van der Waals surface area contributed by atoms with Crippen molar-refractivity contribution in [3.05, 3.63) is 35.9 Å². The fourth-order valence-corrected chi connectivity index (χ4v) is 1.84. The number of benzene rings is 1. The molecule has 2 rings (SSSR count). The lowest BCUT2D eigenvalue weighted by Crippen LogP contribution is -2.21. The van der Waals surface area contributed by atoms with Crippen LogP contribution in [0.5, 0.6) is 11.5 Å². The predicted molar refractivity (Wildman–Crippen MR) is 71.2 cm³/mol. The molecule has 0 aliphatic rings. The van der Waals surface area contributed by atoms with Gasteiger partial charge in [0.25, 0.3) is 0 Å². The van der Waals surface area contributed by atoms with Crippen molar-refractivity contribution in [3.63, 3.8) is 0 Å². The van der Waals surface area contributed by atoms with Crippen LogP contribution in [0.3, 0.4) is 0 Å². The molecular formula is C13H18N4O2. The highest BCUT2D eigenvalue weighted by Crippen LogP contribution is 2.28. The van der Waals surface area contributed by atoms with Crippen LogP contribution in [0.4, 0.5) is 0 Å². The van der Waals surface area contributed by atoms with E-state index in [1.807, 2.05) is 12.1 Å². The second kappa shape index (κ2) is 6.19. The molecule has 6 heteroatoms. The van der Waals surface area contributed by atoms with Gasteiger partial charge in [0.15, 0.2) is 11.5 Å². The van der Waals surface area contributed by atoms with Crippen LogP contribution in [-0.2, 0) is 6.42 Å². The van der Waals surface area contributed by atoms with Gasteiger partial charge in [0.05, 0.1) is 7.11 Å². The Bertz CT molecular complexity index is 513. The molecule has 0 saturated heterocycles. The summed E-state index contributed by atoms with van der Waals surface area (Å²) < 4.78 is 5.10. The number of aromatic nitrogens is 3. The monoisotopic (exact) mass is 262 g/mol. The summed E-state index contributed by atoms with van der Waals surface area (Å²) in [7, 11) is 1.54. The van der Waals surface area contributed by atoms with Gasteiger partial charge in [-0.25, -0.2) is 4.98 Å². The summed E-state index contributed by atoms with van der Waals surface area (Å²) >= 11 is 0. The molecule has 1 aromatic carbocycles. The van der Waals surface area contributed by atoms with E-state index < -0.39 is 0 Å². The van der Waals surface area contributed by atoms with Gasteiger partial charge in [0, 0.05) is 19.0 Å². The zero-order valence-electron chi connectivity index (χ0n) is 11.1. The largest absolute Gasteiger partial charge is 0.504 e. The summed E-state index contributed by atoms with van der Waals surface area (Å²) in [6, 6.07) is 5.52. The quantitative estimate of drug-likeness (QED) is 0.733. The van der Waals surface area contributed by atoms with Crippen molar-refractivity contribution >= 4 is 0 Å². The van der Waals surface area contributed by atoms with E-state index in [1.54, 1.807) is 13.2 Å². The Hall–Kier alpha value is -2.08. The van der Waals surface area contributed by atoms with Crippen LogP contribution in [0.1, 0.15) is 24.4 Å². The Balaban J connectivity index is 1.90. The maximum atomic E-state index is 9.55. The molecule has 0 bridgehead atoms. The van der Waals surface area contributed by atoms with Gasteiger partial charge in [0.1, 0.15) is 12.2 Å². The molecule has 1 atom stereocenters. The number of hydrogen-bond acceptors (Lipinski definition) is 5. The Morgan fingerprint density at radius 1 is 1.47 bits per heavy atom. The van der Waals surface area contributed by atoms with Crippen LogP contribution in [0.2, 0.25) is 0 Å². The van der Waals surface area contributed by atoms with Crippen LogP contribution in [0, 0.1) is 0 Å². The van der Waals surface area contributed by atoms with E-state index in [4.69, 9.17) is 4.74 Å². The molecule has 1 heterocycles. The number of ether oxygens (including phenoxy) is 1. The lowest BCUT2D eigenvalue weighted by atomic mass is 10.1. The number of nitrogens with zero attached hydrogens (tertiary/aromatic N) is 2. The highest BCUT2D eigenvalue weighted by Gasteiger charge is 2.09. The van der Waals surface area contributed by atoms with Gasteiger partial charge < -0.3 is 15.2 Å². The highest BCUT2D eigenvalue weighted by atomic mass is 16.5. The number of methoxy groups -OCH3 is 1. The van der Waals surface area contributed by atoms with Crippen LogP contribution in [0.15, 0.2) is 24.5 Å². The van der Waals surface area contributed by atoms with Gasteiger partial charge in [-0.15, -0.1) is 0 Å². The first-order valence-electron chi connectivity index (χ1n) is 6.15. The van der Waals surface area contributed by atoms with Crippen molar-refractivity contribution in [2.24, 2.45) is 0 Å². The SMILES string of the molecule is COc1cc(C(C)NCCc2ncn[nH]2)ccc1O. The molecule has 0 saturated carbocycles. The number of aromatic hydroxyl groups is 1.